The Morgan fingerprint density at radius 3 is 2.28 bits per heavy atom. The third-order valence-electron chi connectivity index (χ3n) is 3.14. The third kappa shape index (κ3) is 15.5. The summed E-state index contributed by atoms with van der Waals surface area (Å²) in [5.41, 5.74) is -0.248. The highest BCUT2D eigenvalue weighted by molar-refractivity contribution is 5.85. The maximum absolute atomic E-state index is 11.8. The van der Waals surface area contributed by atoms with E-state index in [0.29, 0.717) is 19.0 Å². The molecule has 0 spiro atoms. The third-order valence-corrected chi connectivity index (χ3v) is 3.14. The van der Waals surface area contributed by atoms with Crippen molar-refractivity contribution in [2.75, 3.05) is 26.2 Å². The molecule has 3 N–H and O–H groups in total. The summed E-state index contributed by atoms with van der Waals surface area (Å²) >= 11 is 0. The van der Waals surface area contributed by atoms with Gasteiger partial charge < -0.3 is 20.7 Å². The maximum Gasteiger partial charge on any atom is 0.305 e. The van der Waals surface area contributed by atoms with Gasteiger partial charge in [-0.15, -0.1) is 0 Å². The van der Waals surface area contributed by atoms with Crippen LogP contribution in [0.3, 0.4) is 0 Å². The first kappa shape index (κ1) is 23.2. The fraction of sp³-hybridized carbons (Fsp3) is 0.833. The van der Waals surface area contributed by atoms with Gasteiger partial charge in [-0.25, -0.2) is 4.99 Å². The topological polar surface area (TPSA) is 91.8 Å². The number of aliphatic imine (C=N–C) groups is 1. The van der Waals surface area contributed by atoms with Crippen molar-refractivity contribution in [2.24, 2.45) is 4.99 Å². The molecule has 0 aliphatic rings. The van der Waals surface area contributed by atoms with Crippen LogP contribution in [0.1, 0.15) is 66.7 Å². The van der Waals surface area contributed by atoms with Gasteiger partial charge in [0, 0.05) is 25.0 Å². The van der Waals surface area contributed by atoms with Crippen LogP contribution in [0.25, 0.3) is 0 Å². The first-order chi connectivity index (χ1) is 11.8. The van der Waals surface area contributed by atoms with Crippen molar-refractivity contribution in [2.45, 2.75) is 72.3 Å². The Hall–Kier alpha value is -1.79. The van der Waals surface area contributed by atoms with Gasteiger partial charge >= 0.3 is 5.97 Å². The molecule has 0 aromatic carbocycles. The smallest absolute Gasteiger partial charge is 0.305 e. The lowest BCUT2D eigenvalue weighted by Crippen LogP contribution is -2.43. The largest absolute Gasteiger partial charge is 0.466 e. The van der Waals surface area contributed by atoms with E-state index in [2.05, 4.69) is 20.9 Å². The molecule has 0 saturated carbocycles. The number of carbonyl (C=O) groups excluding carboxylic acids is 2. The van der Waals surface area contributed by atoms with Crippen molar-refractivity contribution in [3.63, 3.8) is 0 Å². The summed E-state index contributed by atoms with van der Waals surface area (Å²) in [6.45, 7) is 11.7. The van der Waals surface area contributed by atoms with Gasteiger partial charge in [0.05, 0.1) is 6.61 Å². The highest BCUT2D eigenvalue weighted by Crippen LogP contribution is 2.03. The minimum Gasteiger partial charge on any atom is -0.466 e. The van der Waals surface area contributed by atoms with E-state index in [1.165, 1.54) is 0 Å². The SMILES string of the molecule is CCNC(=NCC(=O)NC(C)(C)C)NCCCCCCC(=O)OCC. The van der Waals surface area contributed by atoms with Crippen LogP contribution < -0.4 is 16.0 Å². The van der Waals surface area contributed by atoms with Gasteiger partial charge in [-0.2, -0.15) is 0 Å². The molecule has 146 valence electrons. The Balaban J connectivity index is 3.94. The van der Waals surface area contributed by atoms with E-state index in [1.54, 1.807) is 0 Å². The van der Waals surface area contributed by atoms with Crippen molar-refractivity contribution in [1.29, 1.82) is 0 Å². The molecule has 0 heterocycles. The molecule has 0 rings (SSSR count). The van der Waals surface area contributed by atoms with Crippen LogP contribution in [-0.2, 0) is 14.3 Å². The Morgan fingerprint density at radius 2 is 1.68 bits per heavy atom. The first-order valence-electron chi connectivity index (χ1n) is 9.27. The quantitative estimate of drug-likeness (QED) is 0.228. The minimum atomic E-state index is -0.248. The fourth-order valence-corrected chi connectivity index (χ4v) is 2.14. The van der Waals surface area contributed by atoms with Gasteiger partial charge in [0.2, 0.25) is 5.91 Å². The number of unbranched alkanes of at least 4 members (excludes halogenated alkanes) is 3. The van der Waals surface area contributed by atoms with E-state index in [0.717, 1.165) is 38.8 Å². The number of guanidine groups is 1. The Labute approximate surface area is 152 Å². The molecule has 1 amide bonds. The predicted octanol–water partition coefficient (Wildman–Crippen LogP) is 1.97. The van der Waals surface area contributed by atoms with Crippen LogP contribution in [0.5, 0.6) is 0 Å². The van der Waals surface area contributed by atoms with Crippen LogP contribution in [0, 0.1) is 0 Å². The van der Waals surface area contributed by atoms with E-state index in [1.807, 2.05) is 34.6 Å². The number of hydrogen-bond acceptors (Lipinski definition) is 4. The van der Waals surface area contributed by atoms with E-state index in [4.69, 9.17) is 4.74 Å². The zero-order chi connectivity index (χ0) is 19.1. The van der Waals surface area contributed by atoms with Gasteiger partial charge in [-0.05, 0) is 47.5 Å². The number of carbonyl (C=O) groups is 2. The zero-order valence-corrected chi connectivity index (χ0v) is 16.5. The molecule has 0 aliphatic heterocycles. The highest BCUT2D eigenvalue weighted by atomic mass is 16.5. The Morgan fingerprint density at radius 1 is 1.00 bits per heavy atom. The maximum atomic E-state index is 11.8. The van der Waals surface area contributed by atoms with Crippen molar-refractivity contribution in [3.05, 3.63) is 0 Å². The summed E-state index contributed by atoms with van der Waals surface area (Å²) in [7, 11) is 0. The second kappa shape index (κ2) is 13.5. The molecular weight excluding hydrogens is 320 g/mol. The first-order valence-corrected chi connectivity index (χ1v) is 9.27. The van der Waals surface area contributed by atoms with Crippen LogP contribution in [0.2, 0.25) is 0 Å². The van der Waals surface area contributed by atoms with E-state index < -0.39 is 0 Å². The van der Waals surface area contributed by atoms with Gasteiger partial charge in [-0.3, -0.25) is 9.59 Å². The van der Waals surface area contributed by atoms with Gasteiger partial charge in [-0.1, -0.05) is 12.8 Å². The summed E-state index contributed by atoms with van der Waals surface area (Å²) in [6.07, 6.45) is 4.38. The Bertz CT molecular complexity index is 417. The monoisotopic (exact) mass is 356 g/mol. The van der Waals surface area contributed by atoms with Crippen molar-refractivity contribution in [1.82, 2.24) is 16.0 Å². The molecule has 0 fully saturated rings. The summed E-state index contributed by atoms with van der Waals surface area (Å²) in [4.78, 5) is 27.3. The molecule has 0 aliphatic carbocycles. The van der Waals surface area contributed by atoms with Crippen molar-refractivity contribution in [3.8, 4) is 0 Å². The van der Waals surface area contributed by atoms with Gasteiger partial charge in [0.25, 0.3) is 0 Å². The molecule has 7 heteroatoms. The lowest BCUT2D eigenvalue weighted by atomic mass is 10.1. The van der Waals surface area contributed by atoms with Crippen LogP contribution in [-0.4, -0.2) is 49.6 Å². The molecule has 0 saturated heterocycles. The molecule has 0 unspecified atom stereocenters. The molecule has 0 atom stereocenters. The van der Waals surface area contributed by atoms with Crippen LogP contribution >= 0.6 is 0 Å². The number of amides is 1. The number of hydrogen-bond donors (Lipinski definition) is 3. The number of esters is 1. The zero-order valence-electron chi connectivity index (χ0n) is 16.5. The average Bonchev–Trinajstić information content (AvgIpc) is 2.50. The standard InChI is InChI=1S/C18H36N4O3/c1-6-19-17(21-14-15(23)22-18(3,4)5)20-13-11-9-8-10-12-16(24)25-7-2/h6-14H2,1-5H3,(H,22,23)(H2,19,20,21). The molecule has 25 heavy (non-hydrogen) atoms. The second-order valence-corrected chi connectivity index (χ2v) is 6.89. The van der Waals surface area contributed by atoms with E-state index in [9.17, 15) is 9.59 Å². The molecule has 0 radical (unpaired) electrons. The summed E-state index contributed by atoms with van der Waals surface area (Å²) in [5.74, 6) is 0.442. The van der Waals surface area contributed by atoms with Crippen molar-refractivity contribution < 1.29 is 14.3 Å². The molecule has 0 aromatic heterocycles. The van der Waals surface area contributed by atoms with Crippen LogP contribution in [0.4, 0.5) is 0 Å². The highest BCUT2D eigenvalue weighted by Gasteiger charge is 2.13. The summed E-state index contributed by atoms with van der Waals surface area (Å²) in [6, 6.07) is 0. The van der Waals surface area contributed by atoms with Gasteiger partial charge in [0.15, 0.2) is 5.96 Å². The number of rotatable bonds is 11. The van der Waals surface area contributed by atoms with Crippen LogP contribution in [0.15, 0.2) is 4.99 Å². The predicted molar refractivity (Wildman–Crippen MR) is 102 cm³/mol. The molecule has 7 nitrogen and oxygen atoms in total. The summed E-state index contributed by atoms with van der Waals surface area (Å²) < 4.78 is 4.90. The molecule has 0 aromatic rings. The average molecular weight is 357 g/mol. The number of nitrogens with one attached hydrogen (secondary N) is 3. The van der Waals surface area contributed by atoms with E-state index >= 15 is 0 Å². The van der Waals surface area contributed by atoms with Crippen molar-refractivity contribution >= 4 is 17.8 Å². The number of nitrogens with zero attached hydrogens (tertiary/aromatic N) is 1. The normalized spacial score (nSPS) is 11.8. The second-order valence-electron chi connectivity index (χ2n) is 6.89. The lowest BCUT2D eigenvalue weighted by molar-refractivity contribution is -0.143. The fourth-order valence-electron chi connectivity index (χ4n) is 2.14. The Kier molecular flexibility index (Phi) is 12.5. The molecular formula is C18H36N4O3. The van der Waals surface area contributed by atoms with Gasteiger partial charge in [0.1, 0.15) is 6.54 Å². The summed E-state index contributed by atoms with van der Waals surface area (Å²) in [5, 5.41) is 9.24. The number of ether oxygens (including phenoxy) is 1. The lowest BCUT2D eigenvalue weighted by Gasteiger charge is -2.20. The minimum absolute atomic E-state index is 0.0938. The molecule has 0 bridgehead atoms. The van der Waals surface area contributed by atoms with E-state index in [-0.39, 0.29) is 24.0 Å².